The molecule has 31 heavy (non-hydrogen) atoms. The number of hydrogen-bond donors (Lipinski definition) is 2. The largest absolute Gasteiger partial charge is 0.369 e. The van der Waals surface area contributed by atoms with E-state index in [4.69, 9.17) is 16.7 Å². The lowest BCUT2D eigenvalue weighted by Crippen LogP contribution is -2.54. The summed E-state index contributed by atoms with van der Waals surface area (Å²) in [6.07, 6.45) is 0.616. The number of nitrogens with two attached hydrogens (primary N) is 1. The number of amides is 1. The summed E-state index contributed by atoms with van der Waals surface area (Å²) in [6.45, 7) is 7.78. The van der Waals surface area contributed by atoms with Gasteiger partial charge in [0.1, 0.15) is 0 Å². The van der Waals surface area contributed by atoms with Crippen LogP contribution in [0.1, 0.15) is 18.1 Å². The molecule has 7 nitrogen and oxygen atoms in total. The van der Waals surface area contributed by atoms with Crippen LogP contribution in [0.2, 0.25) is 5.02 Å². The van der Waals surface area contributed by atoms with E-state index in [-0.39, 0.29) is 16.8 Å². The van der Waals surface area contributed by atoms with Crippen LogP contribution in [0.15, 0.2) is 47.4 Å². The zero-order chi connectivity index (χ0) is 22.6. The molecule has 1 saturated heterocycles. The number of primary sulfonamides is 1. The third-order valence-electron chi connectivity index (χ3n) is 5.72. The summed E-state index contributed by atoms with van der Waals surface area (Å²) in [5, 5.41) is 8.82. The number of halogens is 1. The Labute approximate surface area is 189 Å². The maximum absolute atomic E-state index is 12.6. The van der Waals surface area contributed by atoms with Crippen LogP contribution in [-0.4, -0.2) is 58.0 Å². The van der Waals surface area contributed by atoms with E-state index in [0.29, 0.717) is 13.0 Å². The van der Waals surface area contributed by atoms with Gasteiger partial charge in [0.25, 0.3) is 0 Å². The molecule has 0 aromatic heterocycles. The molecule has 0 spiro atoms. The van der Waals surface area contributed by atoms with E-state index in [9.17, 15) is 13.2 Å². The van der Waals surface area contributed by atoms with Gasteiger partial charge < -0.3 is 10.2 Å². The molecule has 1 heterocycles. The Kier molecular flexibility index (Phi) is 7.59. The van der Waals surface area contributed by atoms with Crippen LogP contribution >= 0.6 is 11.6 Å². The van der Waals surface area contributed by atoms with Crippen molar-refractivity contribution in [3.8, 4) is 0 Å². The van der Waals surface area contributed by atoms with Crippen LogP contribution in [0.25, 0.3) is 0 Å². The van der Waals surface area contributed by atoms with E-state index >= 15 is 0 Å². The molecule has 1 atom stereocenters. The molecule has 2 aromatic rings. The van der Waals surface area contributed by atoms with Crippen molar-refractivity contribution in [3.05, 3.63) is 58.6 Å². The number of hydrogen-bond acceptors (Lipinski definition) is 5. The zero-order valence-electron chi connectivity index (χ0n) is 17.8. The second kappa shape index (κ2) is 9.99. The molecule has 0 radical (unpaired) electrons. The lowest BCUT2D eigenvalue weighted by Gasteiger charge is -2.39. The SMILES string of the molecule is Cc1ccc(Cl)cc1N1CCN([C@H](C)C(=O)NCCc2ccc(S(N)(=O)=O)cc2)CC1. The topological polar surface area (TPSA) is 95.7 Å². The van der Waals surface area contributed by atoms with Crippen molar-refractivity contribution in [2.45, 2.75) is 31.2 Å². The number of nitrogens with one attached hydrogen (secondary N) is 1. The Morgan fingerprint density at radius 3 is 2.39 bits per heavy atom. The predicted octanol–water partition coefficient (Wildman–Crippen LogP) is 2.17. The zero-order valence-corrected chi connectivity index (χ0v) is 19.4. The number of aryl methyl sites for hydroxylation is 1. The highest BCUT2D eigenvalue weighted by atomic mass is 35.5. The lowest BCUT2D eigenvalue weighted by atomic mass is 10.1. The molecule has 168 valence electrons. The molecular weight excluding hydrogens is 436 g/mol. The fraction of sp³-hybridized carbons (Fsp3) is 0.409. The molecular formula is C22H29ClN4O3S. The third kappa shape index (κ3) is 6.20. The maximum Gasteiger partial charge on any atom is 0.238 e. The minimum Gasteiger partial charge on any atom is -0.369 e. The monoisotopic (exact) mass is 464 g/mol. The first-order valence-electron chi connectivity index (χ1n) is 10.3. The van der Waals surface area contributed by atoms with Gasteiger partial charge in [-0.1, -0.05) is 29.8 Å². The van der Waals surface area contributed by atoms with Gasteiger partial charge in [0.15, 0.2) is 0 Å². The summed E-state index contributed by atoms with van der Waals surface area (Å²) in [6, 6.07) is 12.1. The van der Waals surface area contributed by atoms with Crippen molar-refractivity contribution in [3.63, 3.8) is 0 Å². The fourth-order valence-corrected chi connectivity index (χ4v) is 4.44. The normalized spacial score (nSPS) is 16.2. The van der Waals surface area contributed by atoms with Gasteiger partial charge in [-0.2, -0.15) is 0 Å². The average Bonchev–Trinajstić information content (AvgIpc) is 2.74. The summed E-state index contributed by atoms with van der Waals surface area (Å²) in [5.41, 5.74) is 3.28. The standard InChI is InChI=1S/C22H29ClN4O3S/c1-16-3-6-19(23)15-21(16)27-13-11-26(12-14-27)17(2)22(28)25-10-9-18-4-7-20(8-5-18)31(24,29)30/h3-8,15,17H,9-14H2,1-2H3,(H,25,28)(H2,24,29,30)/t17-/m1/s1. The molecule has 0 unspecified atom stereocenters. The van der Waals surface area contributed by atoms with Gasteiger partial charge in [-0.15, -0.1) is 0 Å². The summed E-state index contributed by atoms with van der Waals surface area (Å²) < 4.78 is 22.6. The van der Waals surface area contributed by atoms with Crippen molar-refractivity contribution in [1.29, 1.82) is 0 Å². The van der Waals surface area contributed by atoms with Crippen molar-refractivity contribution in [2.75, 3.05) is 37.6 Å². The molecule has 0 saturated carbocycles. The first-order valence-corrected chi connectivity index (χ1v) is 12.2. The van der Waals surface area contributed by atoms with Crippen LogP contribution in [0.3, 0.4) is 0 Å². The van der Waals surface area contributed by atoms with Crippen molar-refractivity contribution < 1.29 is 13.2 Å². The Hall–Kier alpha value is -2.13. The number of anilines is 1. The summed E-state index contributed by atoms with van der Waals surface area (Å²) in [7, 11) is -3.69. The number of sulfonamides is 1. The summed E-state index contributed by atoms with van der Waals surface area (Å²) in [4.78, 5) is 17.2. The van der Waals surface area contributed by atoms with Gasteiger partial charge in [0.05, 0.1) is 10.9 Å². The van der Waals surface area contributed by atoms with E-state index in [1.54, 1.807) is 12.1 Å². The smallest absolute Gasteiger partial charge is 0.238 e. The number of benzene rings is 2. The van der Waals surface area contributed by atoms with Crippen LogP contribution in [0.5, 0.6) is 0 Å². The highest BCUT2D eigenvalue weighted by Crippen LogP contribution is 2.25. The number of carbonyl (C=O) groups excluding carboxylic acids is 1. The molecule has 3 rings (SSSR count). The molecule has 9 heteroatoms. The molecule has 0 aliphatic carbocycles. The second-order valence-electron chi connectivity index (χ2n) is 7.86. The molecule has 2 aromatic carbocycles. The number of piperazine rings is 1. The van der Waals surface area contributed by atoms with Crippen LogP contribution in [0, 0.1) is 6.92 Å². The van der Waals surface area contributed by atoms with Crippen LogP contribution in [-0.2, 0) is 21.2 Å². The molecule has 1 fully saturated rings. The predicted molar refractivity (Wildman–Crippen MR) is 124 cm³/mol. The Morgan fingerprint density at radius 1 is 1.13 bits per heavy atom. The molecule has 3 N–H and O–H groups in total. The third-order valence-corrected chi connectivity index (χ3v) is 6.88. The maximum atomic E-state index is 12.6. The van der Waals surface area contributed by atoms with Gasteiger partial charge in [-0.3, -0.25) is 9.69 Å². The minimum absolute atomic E-state index is 0.00598. The lowest BCUT2D eigenvalue weighted by molar-refractivity contribution is -0.125. The first-order chi connectivity index (χ1) is 14.6. The summed E-state index contributed by atoms with van der Waals surface area (Å²) in [5.74, 6) is -0.00598. The van der Waals surface area contributed by atoms with Crippen molar-refractivity contribution in [2.24, 2.45) is 5.14 Å². The number of nitrogens with zero attached hydrogens (tertiary/aromatic N) is 2. The quantitative estimate of drug-likeness (QED) is 0.654. The Bertz CT molecular complexity index is 1020. The van der Waals surface area contributed by atoms with Gasteiger partial charge in [0, 0.05) is 43.4 Å². The van der Waals surface area contributed by atoms with E-state index in [2.05, 4.69) is 22.0 Å². The highest BCUT2D eigenvalue weighted by molar-refractivity contribution is 7.89. The molecule has 1 aliphatic rings. The van der Waals surface area contributed by atoms with E-state index in [1.165, 1.54) is 17.7 Å². The van der Waals surface area contributed by atoms with Gasteiger partial charge in [0.2, 0.25) is 15.9 Å². The van der Waals surface area contributed by atoms with E-state index in [0.717, 1.165) is 42.5 Å². The minimum atomic E-state index is -3.69. The number of rotatable bonds is 7. The Morgan fingerprint density at radius 2 is 1.77 bits per heavy atom. The second-order valence-corrected chi connectivity index (χ2v) is 9.86. The fourth-order valence-electron chi connectivity index (χ4n) is 3.76. The van der Waals surface area contributed by atoms with Crippen molar-refractivity contribution in [1.82, 2.24) is 10.2 Å². The van der Waals surface area contributed by atoms with Gasteiger partial charge in [-0.05, 0) is 55.7 Å². The first kappa shape index (κ1) is 23.5. The Balaban J connectivity index is 1.46. The van der Waals surface area contributed by atoms with Crippen molar-refractivity contribution >= 4 is 33.2 Å². The molecule has 1 aliphatic heterocycles. The summed E-state index contributed by atoms with van der Waals surface area (Å²) >= 11 is 6.15. The highest BCUT2D eigenvalue weighted by Gasteiger charge is 2.26. The molecule has 0 bridgehead atoms. The van der Waals surface area contributed by atoms with Gasteiger partial charge >= 0.3 is 0 Å². The average molecular weight is 465 g/mol. The number of carbonyl (C=O) groups is 1. The van der Waals surface area contributed by atoms with E-state index in [1.807, 2.05) is 25.1 Å². The van der Waals surface area contributed by atoms with Crippen LogP contribution in [0.4, 0.5) is 5.69 Å². The van der Waals surface area contributed by atoms with Crippen LogP contribution < -0.4 is 15.4 Å². The van der Waals surface area contributed by atoms with E-state index < -0.39 is 10.0 Å². The van der Waals surface area contributed by atoms with Gasteiger partial charge in [-0.25, -0.2) is 13.6 Å². The molecule has 1 amide bonds.